The van der Waals surface area contributed by atoms with Crippen LogP contribution in [0.15, 0.2) is 66.7 Å². The van der Waals surface area contributed by atoms with Gasteiger partial charge in [0.15, 0.2) is 0 Å². The number of rotatable bonds is 6. The molecule has 0 saturated carbocycles. The predicted octanol–water partition coefficient (Wildman–Crippen LogP) is 6.06. The second-order valence-electron chi connectivity index (χ2n) is 8.32. The lowest BCUT2D eigenvalue weighted by atomic mass is 9.76. The summed E-state index contributed by atoms with van der Waals surface area (Å²) in [6, 6.07) is 21.4. The van der Waals surface area contributed by atoms with Gasteiger partial charge in [-0.25, -0.2) is 4.79 Å². The van der Waals surface area contributed by atoms with E-state index >= 15 is 0 Å². The molecule has 0 bridgehead atoms. The Morgan fingerprint density at radius 2 is 1.52 bits per heavy atom. The molecule has 0 aliphatic rings. The van der Waals surface area contributed by atoms with Gasteiger partial charge in [0.05, 0.1) is 5.56 Å². The smallest absolute Gasteiger partial charge is 0.335 e. The second-order valence-corrected chi connectivity index (χ2v) is 8.32. The Morgan fingerprint density at radius 1 is 0.889 bits per heavy atom. The van der Waals surface area contributed by atoms with Gasteiger partial charge in [-0.05, 0) is 66.3 Å². The number of ether oxygens (including phenoxy) is 1. The van der Waals surface area contributed by atoms with E-state index in [9.17, 15) is 4.79 Å². The van der Waals surface area contributed by atoms with Crippen molar-refractivity contribution >= 4 is 16.7 Å². The van der Waals surface area contributed by atoms with E-state index in [0.29, 0.717) is 5.56 Å². The summed E-state index contributed by atoms with van der Waals surface area (Å²) >= 11 is 0. The molecule has 0 aromatic heterocycles. The van der Waals surface area contributed by atoms with Gasteiger partial charge in [-0.2, -0.15) is 0 Å². The molecule has 0 radical (unpaired) electrons. The molecule has 3 aromatic carbocycles. The fraction of sp³-hybridized carbons (Fsp3) is 0.292. The first-order valence-electron chi connectivity index (χ1n) is 9.18. The Bertz CT molecular complexity index is 956. The third kappa shape index (κ3) is 4.48. The van der Waals surface area contributed by atoms with Gasteiger partial charge in [-0.15, -0.1) is 0 Å². The predicted molar refractivity (Wildman–Crippen MR) is 110 cm³/mol. The van der Waals surface area contributed by atoms with Crippen LogP contribution in [0.3, 0.4) is 0 Å². The quantitative estimate of drug-likeness (QED) is 0.579. The summed E-state index contributed by atoms with van der Waals surface area (Å²) < 4.78 is 6.33. The number of benzene rings is 3. The molecule has 3 nitrogen and oxygen atoms in total. The summed E-state index contributed by atoms with van der Waals surface area (Å²) in [4.78, 5) is 11.1. The molecule has 0 unspecified atom stereocenters. The lowest BCUT2D eigenvalue weighted by Gasteiger charge is -2.36. The van der Waals surface area contributed by atoms with Crippen molar-refractivity contribution in [2.24, 2.45) is 0 Å². The second kappa shape index (κ2) is 7.07. The topological polar surface area (TPSA) is 46.5 Å². The molecule has 0 aliphatic carbocycles. The van der Waals surface area contributed by atoms with Gasteiger partial charge in [-0.1, -0.05) is 56.3 Å². The van der Waals surface area contributed by atoms with Crippen LogP contribution in [-0.4, -0.2) is 16.7 Å². The molecule has 3 heteroatoms. The molecular formula is C24H26O3. The van der Waals surface area contributed by atoms with Crippen molar-refractivity contribution in [3.05, 3.63) is 77.9 Å². The maximum Gasteiger partial charge on any atom is 0.335 e. The molecule has 140 valence electrons. The molecule has 3 rings (SSSR count). The van der Waals surface area contributed by atoms with E-state index in [1.165, 1.54) is 5.56 Å². The number of hydrogen-bond acceptors (Lipinski definition) is 2. The van der Waals surface area contributed by atoms with Crippen LogP contribution in [0.25, 0.3) is 10.8 Å². The Balaban J connectivity index is 1.80. The van der Waals surface area contributed by atoms with E-state index in [2.05, 4.69) is 52.0 Å². The van der Waals surface area contributed by atoms with E-state index < -0.39 is 5.97 Å². The van der Waals surface area contributed by atoms with Gasteiger partial charge in [0.1, 0.15) is 11.4 Å². The van der Waals surface area contributed by atoms with E-state index in [0.717, 1.165) is 22.9 Å². The molecule has 0 spiro atoms. The molecule has 0 fully saturated rings. The van der Waals surface area contributed by atoms with Gasteiger partial charge in [-0.3, -0.25) is 0 Å². The largest absolute Gasteiger partial charge is 0.488 e. The first kappa shape index (κ1) is 19.0. The summed E-state index contributed by atoms with van der Waals surface area (Å²) in [7, 11) is 0. The fourth-order valence-corrected chi connectivity index (χ4v) is 3.83. The number of carboxylic acid groups (broad SMARTS) is 1. The summed E-state index contributed by atoms with van der Waals surface area (Å²) in [6.45, 7) is 8.69. The lowest BCUT2D eigenvalue weighted by molar-refractivity contribution is 0.0696. The van der Waals surface area contributed by atoms with Gasteiger partial charge in [0.25, 0.3) is 0 Å². The zero-order valence-electron chi connectivity index (χ0n) is 16.3. The Morgan fingerprint density at radius 3 is 2.19 bits per heavy atom. The van der Waals surface area contributed by atoms with Crippen LogP contribution in [0.1, 0.15) is 50.0 Å². The van der Waals surface area contributed by atoms with Crippen molar-refractivity contribution in [2.45, 2.75) is 45.1 Å². The van der Waals surface area contributed by atoms with Crippen molar-refractivity contribution < 1.29 is 14.6 Å². The first-order chi connectivity index (χ1) is 12.7. The standard InChI is InChI=1S/C24H26O3/c1-23(2,20-8-6-5-7-9-20)16-24(3,4)27-21-13-12-17-14-19(22(25)26)11-10-18(17)15-21/h5-15H,16H2,1-4H3,(H,25,26). The average molecular weight is 362 g/mol. The Hall–Kier alpha value is -2.81. The number of fused-ring (bicyclic) bond motifs is 1. The van der Waals surface area contributed by atoms with E-state index in [-0.39, 0.29) is 11.0 Å². The fourth-order valence-electron chi connectivity index (χ4n) is 3.83. The summed E-state index contributed by atoms with van der Waals surface area (Å²) in [5, 5.41) is 11.0. The summed E-state index contributed by atoms with van der Waals surface area (Å²) in [6.07, 6.45) is 0.861. The van der Waals surface area contributed by atoms with Crippen LogP contribution >= 0.6 is 0 Å². The molecule has 0 atom stereocenters. The van der Waals surface area contributed by atoms with Gasteiger partial charge >= 0.3 is 5.97 Å². The Kier molecular flexibility index (Phi) is 4.97. The lowest BCUT2D eigenvalue weighted by Crippen LogP contribution is -2.36. The Labute approximate surface area is 160 Å². The highest BCUT2D eigenvalue weighted by Crippen LogP contribution is 2.35. The number of aromatic carboxylic acids is 1. The molecule has 1 N–H and O–H groups in total. The normalized spacial score (nSPS) is 12.1. The van der Waals surface area contributed by atoms with Crippen LogP contribution in [0.4, 0.5) is 0 Å². The third-order valence-corrected chi connectivity index (χ3v) is 4.88. The molecule has 27 heavy (non-hydrogen) atoms. The number of hydrogen-bond donors (Lipinski definition) is 1. The van der Waals surface area contributed by atoms with Crippen LogP contribution < -0.4 is 4.74 Å². The maximum absolute atomic E-state index is 11.1. The van der Waals surface area contributed by atoms with E-state index in [4.69, 9.17) is 9.84 Å². The van der Waals surface area contributed by atoms with Crippen LogP contribution in [0.2, 0.25) is 0 Å². The zero-order valence-corrected chi connectivity index (χ0v) is 16.3. The average Bonchev–Trinajstić information content (AvgIpc) is 2.60. The van der Waals surface area contributed by atoms with Crippen LogP contribution in [0.5, 0.6) is 5.75 Å². The minimum Gasteiger partial charge on any atom is -0.488 e. The molecule has 0 aliphatic heterocycles. The highest BCUT2D eigenvalue weighted by atomic mass is 16.5. The van der Waals surface area contributed by atoms with Gasteiger partial charge < -0.3 is 9.84 Å². The van der Waals surface area contributed by atoms with Crippen molar-refractivity contribution in [1.29, 1.82) is 0 Å². The van der Waals surface area contributed by atoms with Gasteiger partial charge in [0, 0.05) is 0 Å². The molecule has 0 heterocycles. The highest BCUT2D eigenvalue weighted by molar-refractivity contribution is 5.94. The highest BCUT2D eigenvalue weighted by Gasteiger charge is 2.31. The maximum atomic E-state index is 11.1. The van der Waals surface area contributed by atoms with Crippen molar-refractivity contribution in [1.82, 2.24) is 0 Å². The molecule has 3 aromatic rings. The first-order valence-corrected chi connectivity index (χ1v) is 9.18. The SMILES string of the molecule is CC(C)(CC(C)(C)c1ccccc1)Oc1ccc2cc(C(=O)O)ccc2c1. The monoisotopic (exact) mass is 362 g/mol. The molecular weight excluding hydrogens is 336 g/mol. The van der Waals surface area contributed by atoms with Crippen LogP contribution in [0, 0.1) is 0 Å². The zero-order chi connectivity index (χ0) is 19.7. The minimum atomic E-state index is -0.915. The van der Waals surface area contributed by atoms with Gasteiger partial charge in [0.2, 0.25) is 0 Å². The minimum absolute atomic E-state index is 0.0159. The van der Waals surface area contributed by atoms with Crippen molar-refractivity contribution in [3.63, 3.8) is 0 Å². The molecule has 0 amide bonds. The number of carboxylic acids is 1. The van der Waals surface area contributed by atoms with Crippen molar-refractivity contribution in [2.75, 3.05) is 0 Å². The number of carbonyl (C=O) groups is 1. The van der Waals surface area contributed by atoms with Crippen molar-refractivity contribution in [3.8, 4) is 5.75 Å². The van der Waals surface area contributed by atoms with E-state index in [1.807, 2.05) is 30.3 Å². The third-order valence-electron chi connectivity index (χ3n) is 4.88. The summed E-state index contributed by atoms with van der Waals surface area (Å²) in [5.74, 6) is -0.124. The summed E-state index contributed by atoms with van der Waals surface area (Å²) in [5.41, 5.74) is 1.22. The van der Waals surface area contributed by atoms with E-state index in [1.54, 1.807) is 12.1 Å². The molecule has 0 saturated heterocycles. The van der Waals surface area contributed by atoms with Crippen LogP contribution in [-0.2, 0) is 5.41 Å².